The number of sulfonamides is 1. The summed E-state index contributed by atoms with van der Waals surface area (Å²) in [5.74, 6) is 2.21. The number of amides is 1. The smallest absolute Gasteiger partial charge is 0.404 e. The van der Waals surface area contributed by atoms with E-state index >= 15 is 8.42 Å². The van der Waals surface area contributed by atoms with E-state index < -0.39 is 16.1 Å². The van der Waals surface area contributed by atoms with Gasteiger partial charge in [0, 0.05) is 32.8 Å². The lowest BCUT2D eigenvalue weighted by molar-refractivity contribution is 0.183. The second-order valence-corrected chi connectivity index (χ2v) is 16.4. The van der Waals surface area contributed by atoms with Gasteiger partial charge in [-0.15, -0.1) is 22.0 Å². The van der Waals surface area contributed by atoms with Gasteiger partial charge < -0.3 is 24.6 Å². The predicted molar refractivity (Wildman–Crippen MR) is 204 cm³/mol. The van der Waals surface area contributed by atoms with Gasteiger partial charge in [-0.25, -0.2) is 13.2 Å². The largest absolute Gasteiger partial charge is 0.497 e. The fraction of sp³-hybridized carbons (Fsp3) is 0.278. The van der Waals surface area contributed by atoms with Gasteiger partial charge in [0.15, 0.2) is 0 Å². The zero-order valence-corrected chi connectivity index (χ0v) is 32.4. The Morgan fingerprint density at radius 3 is 1.88 bits per heavy atom. The van der Waals surface area contributed by atoms with E-state index in [1.165, 1.54) is 20.9 Å². The monoisotopic (exact) mass is 856 g/mol. The number of tetrazole rings is 1. The van der Waals surface area contributed by atoms with Crippen LogP contribution in [0.2, 0.25) is 0 Å². The minimum absolute atomic E-state index is 0.00551. The Labute approximate surface area is 319 Å². The van der Waals surface area contributed by atoms with E-state index in [4.69, 9.17) is 14.2 Å². The molecule has 0 bridgehead atoms. The standard InChI is InChI=1S/C36H37IN6O7S2/c1-48-27-10-4-23(5-11-27)20-42(21-24-6-12-28(49-2)13-7-24)52(46,47)34-32(51-30-18-26(19-30)38-36(44)45)17-16-31(37)33(34)35-39-41-43(40-35)22-25-8-14-29(50-3)15-9-25/h4-17,26,30,38H,18-22H2,1-3H3,(H,44,45). The van der Waals surface area contributed by atoms with Gasteiger partial charge in [-0.3, -0.25) is 0 Å². The summed E-state index contributed by atoms with van der Waals surface area (Å²) in [6.45, 7) is 0.448. The van der Waals surface area contributed by atoms with Gasteiger partial charge in [-0.1, -0.05) is 36.4 Å². The SMILES string of the molecule is COc1ccc(CN(Cc2ccc(OC)cc2)S(=O)(=O)c2c(SC3CC(NC(=O)O)C3)ccc(I)c2-c2nnn(Cc3ccc(OC)cc3)n2)cc1. The van der Waals surface area contributed by atoms with E-state index in [2.05, 4.69) is 43.3 Å². The van der Waals surface area contributed by atoms with Crippen LogP contribution in [-0.2, 0) is 29.7 Å². The van der Waals surface area contributed by atoms with Gasteiger partial charge in [0.05, 0.1) is 33.4 Å². The molecule has 1 amide bonds. The Hall–Kier alpha value is -4.39. The van der Waals surface area contributed by atoms with Gasteiger partial charge in [-0.05, 0) is 106 Å². The fourth-order valence-electron chi connectivity index (χ4n) is 5.76. The third kappa shape index (κ3) is 8.79. The van der Waals surface area contributed by atoms with Crippen LogP contribution in [0.3, 0.4) is 0 Å². The van der Waals surface area contributed by atoms with Crippen molar-refractivity contribution in [3.8, 4) is 28.6 Å². The molecule has 2 N–H and O–H groups in total. The Balaban J connectivity index is 1.43. The first-order valence-corrected chi connectivity index (χ1v) is 19.6. The summed E-state index contributed by atoms with van der Waals surface area (Å²) in [6.07, 6.45) is 0.0510. The number of nitrogens with one attached hydrogen (secondary N) is 1. The van der Waals surface area contributed by atoms with Crippen molar-refractivity contribution in [2.24, 2.45) is 0 Å². The van der Waals surface area contributed by atoms with E-state index in [-0.39, 0.29) is 35.1 Å². The maximum Gasteiger partial charge on any atom is 0.404 e. The Morgan fingerprint density at radius 2 is 1.38 bits per heavy atom. The average molecular weight is 857 g/mol. The zero-order chi connectivity index (χ0) is 36.8. The van der Waals surface area contributed by atoms with Crippen LogP contribution in [0.1, 0.15) is 29.5 Å². The predicted octanol–water partition coefficient (Wildman–Crippen LogP) is 6.30. The molecule has 1 aliphatic rings. The molecule has 272 valence electrons. The van der Waals surface area contributed by atoms with Crippen LogP contribution >= 0.6 is 34.4 Å². The number of hydrogen-bond acceptors (Lipinski definition) is 10. The van der Waals surface area contributed by atoms with Crippen LogP contribution in [0.25, 0.3) is 11.4 Å². The Morgan fingerprint density at radius 1 is 0.865 bits per heavy atom. The molecule has 16 heteroatoms. The molecule has 0 saturated heterocycles. The van der Waals surface area contributed by atoms with Crippen molar-refractivity contribution in [2.75, 3.05) is 21.3 Å². The van der Waals surface area contributed by atoms with E-state index in [1.807, 2.05) is 60.7 Å². The summed E-state index contributed by atoms with van der Waals surface area (Å²) >= 11 is 3.54. The second-order valence-electron chi connectivity index (χ2n) is 12.1. The molecule has 1 aliphatic carbocycles. The molecule has 1 aromatic heterocycles. The molecule has 1 heterocycles. The highest BCUT2D eigenvalue weighted by molar-refractivity contribution is 14.1. The molecule has 0 atom stereocenters. The maximum atomic E-state index is 15.3. The van der Waals surface area contributed by atoms with Crippen molar-refractivity contribution in [2.45, 2.75) is 53.6 Å². The summed E-state index contributed by atoms with van der Waals surface area (Å²) in [5.41, 5.74) is 2.80. The van der Waals surface area contributed by atoms with Crippen LogP contribution < -0.4 is 19.5 Å². The van der Waals surface area contributed by atoms with E-state index in [0.717, 1.165) is 22.4 Å². The number of rotatable bonds is 15. The average Bonchev–Trinajstić information content (AvgIpc) is 3.59. The summed E-state index contributed by atoms with van der Waals surface area (Å²) in [4.78, 5) is 13.3. The quantitative estimate of drug-likeness (QED) is 0.114. The molecule has 0 radical (unpaired) electrons. The number of carbonyl (C=O) groups is 1. The number of ether oxygens (including phenoxy) is 3. The van der Waals surface area contributed by atoms with Gasteiger partial charge in [0.25, 0.3) is 0 Å². The Bertz CT molecular complexity index is 2060. The minimum Gasteiger partial charge on any atom is -0.497 e. The summed E-state index contributed by atoms with van der Waals surface area (Å²) in [7, 11) is 0.486. The molecule has 52 heavy (non-hydrogen) atoms. The van der Waals surface area contributed by atoms with Crippen LogP contribution in [0.5, 0.6) is 17.2 Å². The molecule has 1 saturated carbocycles. The molecule has 0 aliphatic heterocycles. The third-order valence-electron chi connectivity index (χ3n) is 8.58. The summed E-state index contributed by atoms with van der Waals surface area (Å²) in [6, 6.07) is 25.5. The number of aromatic nitrogens is 4. The van der Waals surface area contributed by atoms with Crippen molar-refractivity contribution in [1.82, 2.24) is 29.8 Å². The normalized spacial score (nSPS) is 15.6. The molecule has 5 aromatic rings. The molecular weight excluding hydrogens is 819 g/mol. The first-order valence-electron chi connectivity index (χ1n) is 16.2. The van der Waals surface area contributed by atoms with Crippen LogP contribution in [0.4, 0.5) is 4.79 Å². The van der Waals surface area contributed by atoms with Gasteiger partial charge >= 0.3 is 6.09 Å². The highest BCUT2D eigenvalue weighted by atomic mass is 127. The van der Waals surface area contributed by atoms with E-state index in [0.29, 0.717) is 44.9 Å². The molecule has 1 fully saturated rings. The molecule has 6 rings (SSSR count). The molecular formula is C36H37IN6O7S2. The minimum atomic E-state index is -4.28. The van der Waals surface area contributed by atoms with Crippen molar-refractivity contribution >= 4 is 50.5 Å². The lowest BCUT2D eigenvalue weighted by Crippen LogP contribution is -2.45. The van der Waals surface area contributed by atoms with Crippen LogP contribution in [0, 0.1) is 3.57 Å². The van der Waals surface area contributed by atoms with Crippen molar-refractivity contribution in [3.05, 3.63) is 105 Å². The third-order valence-corrected chi connectivity index (χ3v) is 12.8. The van der Waals surface area contributed by atoms with Gasteiger partial charge in [-0.2, -0.15) is 9.10 Å². The highest BCUT2D eigenvalue weighted by Crippen LogP contribution is 2.44. The number of thioether (sulfide) groups is 1. The lowest BCUT2D eigenvalue weighted by atomic mass is 9.92. The second kappa shape index (κ2) is 16.5. The maximum absolute atomic E-state index is 15.3. The van der Waals surface area contributed by atoms with E-state index in [9.17, 15) is 9.90 Å². The summed E-state index contributed by atoms with van der Waals surface area (Å²) in [5, 5.41) is 25.1. The van der Waals surface area contributed by atoms with Crippen molar-refractivity contribution in [3.63, 3.8) is 0 Å². The molecule has 0 unspecified atom stereocenters. The zero-order valence-electron chi connectivity index (χ0n) is 28.6. The topological polar surface area (TPSA) is 158 Å². The van der Waals surface area contributed by atoms with Crippen LogP contribution in [-0.4, -0.2) is 76.8 Å². The fourth-order valence-corrected chi connectivity index (χ4v) is 10.1. The number of halogens is 1. The number of carboxylic acid groups (broad SMARTS) is 1. The number of hydrogen-bond donors (Lipinski definition) is 2. The first-order chi connectivity index (χ1) is 25.1. The molecule has 4 aromatic carbocycles. The highest BCUT2D eigenvalue weighted by Gasteiger charge is 2.37. The number of benzene rings is 4. The first kappa shape index (κ1) is 37.4. The van der Waals surface area contributed by atoms with Crippen LogP contribution in [0.15, 0.2) is 94.7 Å². The lowest BCUT2D eigenvalue weighted by Gasteiger charge is -2.35. The van der Waals surface area contributed by atoms with Crippen molar-refractivity contribution < 1.29 is 32.5 Å². The summed E-state index contributed by atoms with van der Waals surface area (Å²) < 4.78 is 48.6. The molecule has 0 spiro atoms. The molecule has 13 nitrogen and oxygen atoms in total. The van der Waals surface area contributed by atoms with E-state index in [1.54, 1.807) is 45.6 Å². The number of methoxy groups -OCH3 is 3. The van der Waals surface area contributed by atoms with Gasteiger partial charge in [0.1, 0.15) is 22.1 Å². The van der Waals surface area contributed by atoms with Gasteiger partial charge in [0.2, 0.25) is 15.8 Å². The van der Waals surface area contributed by atoms with Crippen molar-refractivity contribution in [1.29, 1.82) is 0 Å². The Kier molecular flexibility index (Phi) is 11.9. The number of nitrogens with zero attached hydrogens (tertiary/aromatic N) is 5.